The quantitative estimate of drug-likeness (QED) is 0.324. The number of nitrogens with zero attached hydrogens (tertiary/aromatic N) is 1. The highest BCUT2D eigenvalue weighted by Crippen LogP contribution is 2.25. The molecule has 0 unspecified atom stereocenters. The summed E-state index contributed by atoms with van der Waals surface area (Å²) in [6, 6.07) is 22.1. The van der Waals surface area contributed by atoms with Crippen molar-refractivity contribution in [1.82, 2.24) is 4.90 Å². The lowest BCUT2D eigenvalue weighted by atomic mass is 10.1. The Labute approximate surface area is 185 Å². The summed E-state index contributed by atoms with van der Waals surface area (Å²) in [7, 11) is 0. The van der Waals surface area contributed by atoms with E-state index in [1.54, 1.807) is 36.0 Å². The molecule has 6 heteroatoms. The summed E-state index contributed by atoms with van der Waals surface area (Å²) in [6.45, 7) is 2.30. The lowest BCUT2D eigenvalue weighted by molar-refractivity contribution is 0.0654. The van der Waals surface area contributed by atoms with Gasteiger partial charge in [-0.1, -0.05) is 36.4 Å². The van der Waals surface area contributed by atoms with Gasteiger partial charge in [0.15, 0.2) is 0 Å². The largest absolute Gasteiger partial charge is 0.322 e. The van der Waals surface area contributed by atoms with Crippen molar-refractivity contribution in [1.29, 1.82) is 0 Å². The van der Waals surface area contributed by atoms with E-state index in [9.17, 15) is 14.4 Å². The van der Waals surface area contributed by atoms with Gasteiger partial charge in [-0.25, -0.2) is 0 Å². The molecular weight excluding hydrogens is 408 g/mol. The molecule has 0 saturated carbocycles. The van der Waals surface area contributed by atoms with E-state index >= 15 is 0 Å². The van der Waals surface area contributed by atoms with E-state index in [0.717, 1.165) is 21.9 Å². The van der Waals surface area contributed by atoms with Crippen LogP contribution in [-0.4, -0.2) is 34.9 Å². The van der Waals surface area contributed by atoms with Crippen LogP contribution in [0.2, 0.25) is 0 Å². The summed E-state index contributed by atoms with van der Waals surface area (Å²) in [5, 5.41) is 2.95. The molecule has 156 valence electrons. The van der Waals surface area contributed by atoms with Crippen LogP contribution in [0.4, 0.5) is 5.69 Å². The number of hydrogen-bond acceptors (Lipinski definition) is 4. The lowest BCUT2D eigenvalue weighted by Crippen LogP contribution is -2.30. The van der Waals surface area contributed by atoms with Gasteiger partial charge in [-0.15, -0.1) is 11.8 Å². The van der Waals surface area contributed by atoms with E-state index in [-0.39, 0.29) is 17.7 Å². The first-order valence-electron chi connectivity index (χ1n) is 10.1. The minimum atomic E-state index is -0.216. The SMILES string of the molecule is Cc1ccccc1C(=O)Nc1cccc(SCCCN2C(=O)c3ccccc3C2=O)c1. The highest BCUT2D eigenvalue weighted by molar-refractivity contribution is 7.99. The fourth-order valence-electron chi connectivity index (χ4n) is 3.54. The maximum atomic E-state index is 12.5. The summed E-state index contributed by atoms with van der Waals surface area (Å²) in [5.41, 5.74) is 3.29. The Balaban J connectivity index is 1.30. The monoisotopic (exact) mass is 430 g/mol. The topological polar surface area (TPSA) is 66.5 Å². The average Bonchev–Trinajstić information content (AvgIpc) is 3.02. The fraction of sp³-hybridized carbons (Fsp3) is 0.160. The number of aryl methyl sites for hydroxylation is 1. The first kappa shape index (κ1) is 20.9. The zero-order valence-electron chi connectivity index (χ0n) is 17.1. The standard InChI is InChI=1S/C25H22N2O3S/c1-17-8-2-3-11-20(17)23(28)26-18-9-6-10-19(16-18)31-15-7-14-27-24(29)21-12-4-5-13-22(21)25(27)30/h2-6,8-13,16H,7,14-15H2,1H3,(H,26,28). The van der Waals surface area contributed by atoms with E-state index in [4.69, 9.17) is 0 Å². The van der Waals surface area contributed by atoms with Crippen LogP contribution in [0, 0.1) is 6.92 Å². The molecule has 0 atom stereocenters. The predicted molar refractivity (Wildman–Crippen MR) is 123 cm³/mol. The molecule has 0 saturated heterocycles. The number of nitrogens with one attached hydrogen (secondary N) is 1. The molecule has 1 aliphatic heterocycles. The zero-order chi connectivity index (χ0) is 21.8. The van der Waals surface area contributed by atoms with Crippen LogP contribution in [0.25, 0.3) is 0 Å². The number of carbonyl (C=O) groups excluding carboxylic acids is 3. The number of benzene rings is 3. The van der Waals surface area contributed by atoms with E-state index in [2.05, 4.69) is 5.32 Å². The average molecular weight is 431 g/mol. The Morgan fingerprint density at radius 3 is 2.29 bits per heavy atom. The maximum absolute atomic E-state index is 12.5. The van der Waals surface area contributed by atoms with Gasteiger partial charge in [-0.2, -0.15) is 0 Å². The van der Waals surface area contributed by atoms with Crippen molar-refractivity contribution >= 4 is 35.2 Å². The van der Waals surface area contributed by atoms with Crippen molar-refractivity contribution in [3.8, 4) is 0 Å². The fourth-order valence-corrected chi connectivity index (χ4v) is 4.44. The van der Waals surface area contributed by atoms with Crippen molar-refractivity contribution in [2.45, 2.75) is 18.2 Å². The highest BCUT2D eigenvalue weighted by Gasteiger charge is 2.34. The minimum Gasteiger partial charge on any atom is -0.322 e. The second-order valence-corrected chi connectivity index (χ2v) is 8.47. The molecule has 4 rings (SSSR count). The smallest absolute Gasteiger partial charge is 0.261 e. The van der Waals surface area contributed by atoms with Gasteiger partial charge >= 0.3 is 0 Å². The van der Waals surface area contributed by atoms with E-state index in [1.807, 2.05) is 55.5 Å². The number of carbonyl (C=O) groups is 3. The molecule has 3 aromatic carbocycles. The summed E-state index contributed by atoms with van der Waals surface area (Å²) < 4.78 is 0. The number of thioether (sulfide) groups is 1. The molecule has 31 heavy (non-hydrogen) atoms. The van der Waals surface area contributed by atoms with Gasteiger partial charge in [0.1, 0.15) is 0 Å². The van der Waals surface area contributed by atoms with Gasteiger partial charge in [0.25, 0.3) is 17.7 Å². The van der Waals surface area contributed by atoms with Crippen LogP contribution in [0.3, 0.4) is 0 Å². The number of amides is 3. The normalized spacial score (nSPS) is 12.7. The number of anilines is 1. The van der Waals surface area contributed by atoms with Crippen molar-refractivity contribution < 1.29 is 14.4 Å². The molecule has 3 amide bonds. The Bertz CT molecular complexity index is 1120. The molecule has 0 radical (unpaired) electrons. The Morgan fingerprint density at radius 1 is 0.903 bits per heavy atom. The van der Waals surface area contributed by atoms with Gasteiger partial charge < -0.3 is 5.32 Å². The Morgan fingerprint density at radius 2 is 1.58 bits per heavy atom. The second-order valence-electron chi connectivity index (χ2n) is 7.31. The van der Waals surface area contributed by atoms with Gasteiger partial charge in [0, 0.05) is 22.7 Å². The molecule has 1 aliphatic rings. The maximum Gasteiger partial charge on any atom is 0.261 e. The molecule has 1 heterocycles. The molecule has 0 aliphatic carbocycles. The van der Waals surface area contributed by atoms with Crippen LogP contribution >= 0.6 is 11.8 Å². The number of hydrogen-bond donors (Lipinski definition) is 1. The van der Waals surface area contributed by atoms with Gasteiger partial charge in [-0.05, 0) is 61.1 Å². The first-order chi connectivity index (χ1) is 15.0. The van der Waals surface area contributed by atoms with Gasteiger partial charge in [0.2, 0.25) is 0 Å². The van der Waals surface area contributed by atoms with E-state index in [1.165, 1.54) is 4.90 Å². The van der Waals surface area contributed by atoms with E-state index in [0.29, 0.717) is 29.7 Å². The van der Waals surface area contributed by atoms with Crippen LogP contribution in [0.1, 0.15) is 43.1 Å². The van der Waals surface area contributed by atoms with Crippen LogP contribution < -0.4 is 5.32 Å². The lowest BCUT2D eigenvalue weighted by Gasteiger charge is -2.13. The molecule has 0 bridgehead atoms. The third-order valence-corrected chi connectivity index (χ3v) is 6.23. The predicted octanol–water partition coefficient (Wildman–Crippen LogP) is 5.03. The summed E-state index contributed by atoms with van der Waals surface area (Å²) >= 11 is 1.63. The molecule has 0 fully saturated rings. The molecule has 0 spiro atoms. The molecule has 1 N–H and O–H groups in total. The zero-order valence-corrected chi connectivity index (χ0v) is 17.9. The second kappa shape index (κ2) is 9.18. The van der Waals surface area contributed by atoms with Crippen molar-refractivity contribution in [2.75, 3.05) is 17.6 Å². The number of rotatable bonds is 7. The third kappa shape index (κ3) is 4.54. The van der Waals surface area contributed by atoms with Crippen molar-refractivity contribution in [3.05, 3.63) is 95.1 Å². The Kier molecular flexibility index (Phi) is 6.18. The van der Waals surface area contributed by atoms with Gasteiger partial charge in [-0.3, -0.25) is 19.3 Å². The van der Waals surface area contributed by atoms with Crippen molar-refractivity contribution in [3.63, 3.8) is 0 Å². The molecular formula is C25H22N2O3S. The first-order valence-corrected chi connectivity index (χ1v) is 11.1. The van der Waals surface area contributed by atoms with Crippen LogP contribution in [-0.2, 0) is 0 Å². The van der Waals surface area contributed by atoms with Crippen LogP contribution in [0.5, 0.6) is 0 Å². The number of fused-ring (bicyclic) bond motifs is 1. The molecule has 5 nitrogen and oxygen atoms in total. The third-order valence-electron chi connectivity index (χ3n) is 5.15. The number of imide groups is 1. The highest BCUT2D eigenvalue weighted by atomic mass is 32.2. The van der Waals surface area contributed by atoms with Crippen molar-refractivity contribution in [2.24, 2.45) is 0 Å². The van der Waals surface area contributed by atoms with Gasteiger partial charge in [0.05, 0.1) is 11.1 Å². The summed E-state index contributed by atoms with van der Waals surface area (Å²) in [6.07, 6.45) is 0.690. The molecule has 0 aromatic heterocycles. The van der Waals surface area contributed by atoms with E-state index < -0.39 is 0 Å². The Hall–Kier alpha value is -3.38. The van der Waals surface area contributed by atoms with Crippen LogP contribution in [0.15, 0.2) is 77.7 Å². The summed E-state index contributed by atoms with van der Waals surface area (Å²) in [5.74, 6) is 0.187. The molecule has 3 aromatic rings. The minimum absolute atomic E-state index is 0.133. The summed E-state index contributed by atoms with van der Waals surface area (Å²) in [4.78, 5) is 39.7.